The predicted molar refractivity (Wildman–Crippen MR) is 68.8 cm³/mol. The van der Waals surface area contributed by atoms with E-state index in [0.717, 1.165) is 18.8 Å². The number of carboxylic acids is 1. The average Bonchev–Trinajstić information content (AvgIpc) is 3.01. The van der Waals surface area contributed by atoms with Crippen molar-refractivity contribution in [3.63, 3.8) is 0 Å². The van der Waals surface area contributed by atoms with Gasteiger partial charge in [-0.05, 0) is 43.2 Å². The molecule has 2 aliphatic rings. The van der Waals surface area contributed by atoms with Gasteiger partial charge in [0.2, 0.25) is 5.91 Å². The number of amides is 1. The maximum Gasteiger partial charge on any atom is 0.337 e. The van der Waals surface area contributed by atoms with Gasteiger partial charge in [0.25, 0.3) is 0 Å². The van der Waals surface area contributed by atoms with Crippen LogP contribution in [0.15, 0.2) is 18.3 Å². The quantitative estimate of drug-likeness (QED) is 0.872. The maximum absolute atomic E-state index is 12.2. The first-order valence-electron chi connectivity index (χ1n) is 6.63. The predicted octanol–water partition coefficient (Wildman–Crippen LogP) is 2.15. The molecule has 100 valence electrons. The first kappa shape index (κ1) is 12.1. The number of carbonyl (C=O) groups excluding carboxylic acids is 1. The summed E-state index contributed by atoms with van der Waals surface area (Å²) in [6, 6.07) is 2.99. The summed E-state index contributed by atoms with van der Waals surface area (Å²) in [5, 5.41) is 11.6. The minimum atomic E-state index is -1.02. The smallest absolute Gasteiger partial charge is 0.337 e. The van der Waals surface area contributed by atoms with Crippen LogP contribution < -0.4 is 5.32 Å². The molecule has 0 aliphatic heterocycles. The number of hydrogen-bond acceptors (Lipinski definition) is 3. The minimum absolute atomic E-state index is 0.0303. The largest absolute Gasteiger partial charge is 0.478 e. The molecule has 0 saturated heterocycles. The summed E-state index contributed by atoms with van der Waals surface area (Å²) in [6.45, 7) is 0. The average molecular weight is 260 g/mol. The van der Waals surface area contributed by atoms with Crippen molar-refractivity contribution in [2.45, 2.75) is 25.7 Å². The highest BCUT2D eigenvalue weighted by Crippen LogP contribution is 2.48. The number of carbonyl (C=O) groups is 2. The minimum Gasteiger partial charge on any atom is -0.478 e. The lowest BCUT2D eigenvalue weighted by Gasteiger charge is -2.20. The molecular formula is C14H16N2O3. The van der Waals surface area contributed by atoms with E-state index in [2.05, 4.69) is 10.3 Å². The number of nitrogens with one attached hydrogen (secondary N) is 1. The van der Waals surface area contributed by atoms with E-state index in [1.165, 1.54) is 31.2 Å². The first-order valence-corrected chi connectivity index (χ1v) is 6.63. The lowest BCUT2D eigenvalue weighted by molar-refractivity contribution is -0.121. The molecule has 19 heavy (non-hydrogen) atoms. The molecular weight excluding hydrogens is 244 g/mol. The van der Waals surface area contributed by atoms with Crippen molar-refractivity contribution in [2.24, 2.45) is 17.8 Å². The molecule has 2 N–H and O–H groups in total. The topological polar surface area (TPSA) is 79.3 Å². The van der Waals surface area contributed by atoms with Gasteiger partial charge in [0.1, 0.15) is 5.82 Å². The third-order valence-corrected chi connectivity index (χ3v) is 4.34. The number of hydrogen-bond donors (Lipinski definition) is 2. The molecule has 2 saturated carbocycles. The lowest BCUT2D eigenvalue weighted by atomic mass is 9.88. The highest BCUT2D eigenvalue weighted by Gasteiger charge is 2.43. The van der Waals surface area contributed by atoms with Gasteiger partial charge in [0, 0.05) is 12.1 Å². The van der Waals surface area contributed by atoms with Crippen molar-refractivity contribution in [1.82, 2.24) is 4.98 Å². The third-order valence-electron chi connectivity index (χ3n) is 4.34. The number of fused-ring (bicyclic) bond motifs is 2. The Bertz CT molecular complexity index is 512. The van der Waals surface area contributed by atoms with Crippen LogP contribution in [0.5, 0.6) is 0 Å². The number of aromatic carboxylic acids is 1. The number of pyridine rings is 1. The van der Waals surface area contributed by atoms with Crippen LogP contribution in [0.3, 0.4) is 0 Å². The molecule has 1 aromatic heterocycles. The normalized spacial score (nSPS) is 28.3. The van der Waals surface area contributed by atoms with Gasteiger partial charge in [-0.25, -0.2) is 9.78 Å². The summed E-state index contributed by atoms with van der Waals surface area (Å²) >= 11 is 0. The van der Waals surface area contributed by atoms with Gasteiger partial charge < -0.3 is 10.4 Å². The van der Waals surface area contributed by atoms with Gasteiger partial charge >= 0.3 is 5.97 Å². The zero-order chi connectivity index (χ0) is 13.4. The Morgan fingerprint density at radius 1 is 1.26 bits per heavy atom. The van der Waals surface area contributed by atoms with E-state index in [9.17, 15) is 9.59 Å². The number of nitrogens with zero attached hydrogens (tertiary/aromatic N) is 1. The van der Waals surface area contributed by atoms with Crippen molar-refractivity contribution in [3.8, 4) is 0 Å². The van der Waals surface area contributed by atoms with Crippen molar-refractivity contribution < 1.29 is 14.7 Å². The van der Waals surface area contributed by atoms with Crippen molar-refractivity contribution in [3.05, 3.63) is 23.9 Å². The van der Waals surface area contributed by atoms with Crippen LogP contribution in [0.2, 0.25) is 0 Å². The van der Waals surface area contributed by atoms with Crippen molar-refractivity contribution in [1.29, 1.82) is 0 Å². The zero-order valence-electron chi connectivity index (χ0n) is 10.5. The van der Waals surface area contributed by atoms with Crippen molar-refractivity contribution in [2.75, 3.05) is 5.32 Å². The molecule has 5 heteroatoms. The molecule has 1 heterocycles. The lowest BCUT2D eigenvalue weighted by Crippen LogP contribution is -2.27. The van der Waals surface area contributed by atoms with Gasteiger partial charge in [-0.2, -0.15) is 0 Å². The first-order chi connectivity index (χ1) is 9.13. The SMILES string of the molecule is O=C(O)c1ccc(NC(=O)C2CC3CCC2C3)nc1. The van der Waals surface area contributed by atoms with E-state index in [1.807, 2.05) is 0 Å². The summed E-state index contributed by atoms with van der Waals surface area (Å²) in [7, 11) is 0. The fourth-order valence-corrected chi connectivity index (χ4v) is 3.38. The Hall–Kier alpha value is -1.91. The molecule has 2 bridgehead atoms. The number of rotatable bonds is 3. The standard InChI is InChI=1S/C14H16N2O3/c17-13(11-6-8-1-2-9(11)5-8)16-12-4-3-10(7-15-12)14(18)19/h3-4,7-9,11H,1-2,5-6H2,(H,18,19)(H,15,16,17). The number of carboxylic acid groups (broad SMARTS) is 1. The third kappa shape index (κ3) is 2.32. The Morgan fingerprint density at radius 3 is 2.63 bits per heavy atom. The highest BCUT2D eigenvalue weighted by atomic mass is 16.4. The second kappa shape index (κ2) is 4.64. The summed E-state index contributed by atoms with van der Waals surface area (Å²) < 4.78 is 0. The van der Waals surface area contributed by atoms with Gasteiger partial charge in [0.15, 0.2) is 0 Å². The van der Waals surface area contributed by atoms with Gasteiger partial charge in [-0.1, -0.05) is 6.42 Å². The van der Waals surface area contributed by atoms with Crippen LogP contribution in [0.1, 0.15) is 36.0 Å². The number of aromatic nitrogens is 1. The Kier molecular flexibility index (Phi) is 2.97. The molecule has 3 unspecified atom stereocenters. The van der Waals surface area contributed by atoms with Crippen LogP contribution in [0.25, 0.3) is 0 Å². The van der Waals surface area contributed by atoms with E-state index in [1.54, 1.807) is 0 Å². The summed E-state index contributed by atoms with van der Waals surface area (Å²) in [5.74, 6) is 0.810. The molecule has 2 aliphatic carbocycles. The molecule has 0 aromatic carbocycles. The Labute approximate surface area is 111 Å². The van der Waals surface area contributed by atoms with E-state index in [0.29, 0.717) is 11.7 Å². The molecule has 5 nitrogen and oxygen atoms in total. The molecule has 1 amide bonds. The highest BCUT2D eigenvalue weighted by molar-refractivity contribution is 5.93. The van der Waals surface area contributed by atoms with Crippen LogP contribution in [0.4, 0.5) is 5.82 Å². The van der Waals surface area contributed by atoms with E-state index < -0.39 is 5.97 Å². The Balaban J connectivity index is 1.64. The van der Waals surface area contributed by atoms with Crippen LogP contribution in [-0.4, -0.2) is 22.0 Å². The summed E-state index contributed by atoms with van der Waals surface area (Å²) in [5.41, 5.74) is 0.123. The van der Waals surface area contributed by atoms with E-state index in [4.69, 9.17) is 5.11 Å². The molecule has 3 atom stereocenters. The molecule has 0 radical (unpaired) electrons. The number of anilines is 1. The van der Waals surface area contributed by atoms with Crippen LogP contribution in [0, 0.1) is 17.8 Å². The fraction of sp³-hybridized carbons (Fsp3) is 0.500. The summed E-state index contributed by atoms with van der Waals surface area (Å²) in [4.78, 5) is 26.8. The van der Waals surface area contributed by atoms with Gasteiger partial charge in [-0.15, -0.1) is 0 Å². The second-order valence-corrected chi connectivity index (χ2v) is 5.51. The second-order valence-electron chi connectivity index (χ2n) is 5.51. The summed E-state index contributed by atoms with van der Waals surface area (Å²) in [6.07, 6.45) is 5.86. The monoisotopic (exact) mass is 260 g/mol. The zero-order valence-corrected chi connectivity index (χ0v) is 10.5. The van der Waals surface area contributed by atoms with Gasteiger partial charge in [-0.3, -0.25) is 4.79 Å². The Morgan fingerprint density at radius 2 is 2.11 bits per heavy atom. The fourth-order valence-electron chi connectivity index (χ4n) is 3.38. The van der Waals surface area contributed by atoms with Crippen LogP contribution >= 0.6 is 0 Å². The molecule has 3 rings (SSSR count). The molecule has 2 fully saturated rings. The molecule has 1 aromatic rings. The molecule has 0 spiro atoms. The van der Waals surface area contributed by atoms with Gasteiger partial charge in [0.05, 0.1) is 5.56 Å². The van der Waals surface area contributed by atoms with E-state index in [-0.39, 0.29) is 17.4 Å². The van der Waals surface area contributed by atoms with Crippen LogP contribution in [-0.2, 0) is 4.79 Å². The van der Waals surface area contributed by atoms with E-state index >= 15 is 0 Å². The van der Waals surface area contributed by atoms with Crippen molar-refractivity contribution >= 4 is 17.7 Å². The maximum atomic E-state index is 12.2.